The summed E-state index contributed by atoms with van der Waals surface area (Å²) >= 11 is 0. The monoisotopic (exact) mass is 419 g/mol. The molecule has 0 unspecified atom stereocenters. The van der Waals surface area contributed by atoms with E-state index in [1.807, 2.05) is 0 Å². The molecule has 1 aromatic heterocycles. The lowest BCUT2D eigenvalue weighted by Gasteiger charge is -2.14. The topological polar surface area (TPSA) is 98.1 Å². The van der Waals surface area contributed by atoms with Gasteiger partial charge in [0.05, 0.1) is 21.0 Å². The number of nitrogens with one attached hydrogen (secondary N) is 1. The molecule has 7 nitrogen and oxygen atoms in total. The van der Waals surface area contributed by atoms with Crippen LogP contribution >= 0.6 is 0 Å². The molecular formula is C19H21N3O4S2. The Balaban J connectivity index is 1.95. The molecule has 1 heterocycles. The van der Waals surface area contributed by atoms with Crippen LogP contribution in [-0.2, 0) is 26.4 Å². The second-order valence-corrected chi connectivity index (χ2v) is 10.1. The summed E-state index contributed by atoms with van der Waals surface area (Å²) in [5, 5.41) is 0. The van der Waals surface area contributed by atoms with E-state index in [9.17, 15) is 16.8 Å². The van der Waals surface area contributed by atoms with Crippen LogP contribution in [0.25, 0.3) is 0 Å². The Labute approximate surface area is 165 Å². The van der Waals surface area contributed by atoms with E-state index >= 15 is 0 Å². The number of rotatable bonds is 7. The van der Waals surface area contributed by atoms with Crippen molar-refractivity contribution in [3.05, 3.63) is 72.3 Å². The van der Waals surface area contributed by atoms with E-state index in [0.29, 0.717) is 17.7 Å². The maximum atomic E-state index is 13.0. The number of imidazole rings is 1. The average molecular weight is 420 g/mol. The first-order valence-electron chi connectivity index (χ1n) is 8.58. The normalized spacial score (nSPS) is 12.2. The lowest BCUT2D eigenvalue weighted by molar-refractivity contribution is 0.571. The van der Waals surface area contributed by atoms with Crippen LogP contribution in [0.4, 0.5) is 0 Å². The van der Waals surface area contributed by atoms with Crippen molar-refractivity contribution < 1.29 is 16.8 Å². The maximum absolute atomic E-state index is 13.0. The van der Waals surface area contributed by atoms with Gasteiger partial charge in [-0.1, -0.05) is 24.3 Å². The second kappa shape index (κ2) is 7.86. The SMILES string of the molecule is Cc1cc(C)c(S(=O)(=O)c2ccccc2)cc1S(=O)(=O)NCCn1ccnc1. The minimum atomic E-state index is -3.87. The number of aryl methyl sites for hydroxylation is 2. The molecule has 28 heavy (non-hydrogen) atoms. The summed E-state index contributed by atoms with van der Waals surface area (Å²) in [5.41, 5.74) is 0.985. The van der Waals surface area contributed by atoms with Crippen molar-refractivity contribution in [3.8, 4) is 0 Å². The maximum Gasteiger partial charge on any atom is 0.240 e. The fourth-order valence-electron chi connectivity index (χ4n) is 2.93. The van der Waals surface area contributed by atoms with Gasteiger partial charge in [-0.25, -0.2) is 26.5 Å². The van der Waals surface area contributed by atoms with Crippen molar-refractivity contribution in [2.24, 2.45) is 0 Å². The van der Waals surface area contributed by atoms with Gasteiger partial charge in [0.25, 0.3) is 0 Å². The molecule has 0 radical (unpaired) electrons. The van der Waals surface area contributed by atoms with Crippen molar-refractivity contribution in [3.63, 3.8) is 0 Å². The largest absolute Gasteiger partial charge is 0.336 e. The number of benzene rings is 2. The third-order valence-electron chi connectivity index (χ3n) is 4.33. The molecule has 0 aliphatic carbocycles. The molecule has 0 spiro atoms. The molecule has 3 aromatic rings. The van der Waals surface area contributed by atoms with E-state index in [-0.39, 0.29) is 21.2 Å². The van der Waals surface area contributed by atoms with Gasteiger partial charge < -0.3 is 4.57 Å². The Morgan fingerprint density at radius 2 is 1.64 bits per heavy atom. The van der Waals surface area contributed by atoms with Crippen LogP contribution in [0, 0.1) is 13.8 Å². The Kier molecular flexibility index (Phi) is 5.69. The summed E-state index contributed by atoms with van der Waals surface area (Å²) in [5.74, 6) is 0. The standard InChI is InChI=1S/C19H21N3O4S2/c1-15-12-16(2)19(28(25,26)21-9-11-22-10-8-20-14-22)13-18(15)27(23,24)17-6-4-3-5-7-17/h3-8,10,12-14,21H,9,11H2,1-2H3. The van der Waals surface area contributed by atoms with Crippen molar-refractivity contribution in [2.45, 2.75) is 35.1 Å². The Bertz CT molecular complexity index is 1170. The zero-order valence-electron chi connectivity index (χ0n) is 15.5. The zero-order valence-corrected chi connectivity index (χ0v) is 17.2. The van der Waals surface area contributed by atoms with E-state index in [0.717, 1.165) is 0 Å². The number of nitrogens with zero attached hydrogens (tertiary/aromatic N) is 2. The number of aromatic nitrogens is 2. The van der Waals surface area contributed by atoms with Crippen LogP contribution in [0.5, 0.6) is 0 Å². The molecule has 9 heteroatoms. The summed E-state index contributed by atoms with van der Waals surface area (Å²) in [4.78, 5) is 3.97. The molecule has 0 aliphatic heterocycles. The molecular weight excluding hydrogens is 398 g/mol. The number of sulfonamides is 1. The molecule has 0 bridgehead atoms. The third-order valence-corrected chi connectivity index (χ3v) is 7.84. The number of hydrogen-bond donors (Lipinski definition) is 1. The van der Waals surface area contributed by atoms with Crippen molar-refractivity contribution >= 4 is 19.9 Å². The van der Waals surface area contributed by atoms with Crippen molar-refractivity contribution in [1.29, 1.82) is 0 Å². The minimum Gasteiger partial charge on any atom is -0.336 e. The fraction of sp³-hybridized carbons (Fsp3) is 0.211. The van der Waals surface area contributed by atoms with Crippen LogP contribution in [-0.4, -0.2) is 32.9 Å². The molecule has 1 N–H and O–H groups in total. The first-order chi connectivity index (χ1) is 13.2. The molecule has 0 amide bonds. The summed E-state index contributed by atoms with van der Waals surface area (Å²) in [6, 6.07) is 10.8. The van der Waals surface area contributed by atoms with Gasteiger partial charge in [-0.15, -0.1) is 0 Å². The predicted octanol–water partition coefficient (Wildman–Crippen LogP) is 2.31. The Morgan fingerprint density at radius 1 is 0.964 bits per heavy atom. The number of hydrogen-bond acceptors (Lipinski definition) is 5. The van der Waals surface area contributed by atoms with Gasteiger partial charge in [-0.3, -0.25) is 0 Å². The van der Waals surface area contributed by atoms with Crippen LogP contribution in [0.2, 0.25) is 0 Å². The molecule has 0 atom stereocenters. The Morgan fingerprint density at radius 3 is 2.29 bits per heavy atom. The number of sulfone groups is 1. The van der Waals surface area contributed by atoms with Crippen LogP contribution in [0.3, 0.4) is 0 Å². The first-order valence-corrected chi connectivity index (χ1v) is 11.6. The lowest BCUT2D eigenvalue weighted by atomic mass is 10.2. The van der Waals surface area contributed by atoms with E-state index in [4.69, 9.17) is 0 Å². The quantitative estimate of drug-likeness (QED) is 0.634. The van der Waals surface area contributed by atoms with E-state index in [1.54, 1.807) is 61.4 Å². The van der Waals surface area contributed by atoms with Gasteiger partial charge >= 0.3 is 0 Å². The van der Waals surface area contributed by atoms with E-state index in [2.05, 4.69) is 9.71 Å². The second-order valence-electron chi connectivity index (χ2n) is 6.40. The van der Waals surface area contributed by atoms with Crippen molar-refractivity contribution in [1.82, 2.24) is 14.3 Å². The smallest absolute Gasteiger partial charge is 0.240 e. The highest BCUT2D eigenvalue weighted by molar-refractivity contribution is 7.91. The van der Waals surface area contributed by atoms with Gasteiger partial charge in [-0.2, -0.15) is 0 Å². The van der Waals surface area contributed by atoms with Crippen LogP contribution < -0.4 is 4.72 Å². The highest BCUT2D eigenvalue weighted by Crippen LogP contribution is 2.28. The van der Waals surface area contributed by atoms with Crippen molar-refractivity contribution in [2.75, 3.05) is 6.54 Å². The van der Waals surface area contributed by atoms with E-state index < -0.39 is 19.9 Å². The van der Waals surface area contributed by atoms with Crippen LogP contribution in [0.1, 0.15) is 11.1 Å². The highest BCUT2D eigenvalue weighted by atomic mass is 32.2. The molecule has 3 rings (SSSR count). The summed E-state index contributed by atoms with van der Waals surface area (Å²) in [6.07, 6.45) is 4.94. The molecule has 148 valence electrons. The van der Waals surface area contributed by atoms with Gasteiger partial charge in [0, 0.05) is 25.5 Å². The molecule has 2 aromatic carbocycles. The zero-order chi connectivity index (χ0) is 20.4. The summed E-state index contributed by atoms with van der Waals surface area (Å²) in [6.45, 7) is 3.88. The fourth-order valence-corrected chi connectivity index (χ4v) is 5.80. The molecule has 0 saturated carbocycles. The summed E-state index contributed by atoms with van der Waals surface area (Å²) in [7, 11) is -7.70. The molecule has 0 saturated heterocycles. The average Bonchev–Trinajstić information content (AvgIpc) is 3.15. The van der Waals surface area contributed by atoms with Gasteiger partial charge in [-0.05, 0) is 43.2 Å². The van der Waals surface area contributed by atoms with Gasteiger partial charge in [0.1, 0.15) is 0 Å². The molecule has 0 aliphatic rings. The lowest BCUT2D eigenvalue weighted by Crippen LogP contribution is -2.28. The Hall–Kier alpha value is -2.49. The summed E-state index contributed by atoms with van der Waals surface area (Å²) < 4.78 is 55.8. The highest BCUT2D eigenvalue weighted by Gasteiger charge is 2.25. The van der Waals surface area contributed by atoms with E-state index in [1.165, 1.54) is 18.2 Å². The van der Waals surface area contributed by atoms with Crippen LogP contribution in [0.15, 0.2) is 75.9 Å². The molecule has 0 fully saturated rings. The predicted molar refractivity (Wildman–Crippen MR) is 105 cm³/mol. The van der Waals surface area contributed by atoms with Gasteiger partial charge in [0.15, 0.2) is 0 Å². The third kappa shape index (κ3) is 4.16. The first kappa shape index (κ1) is 20.2. The minimum absolute atomic E-state index is 0.0146. The van der Waals surface area contributed by atoms with Gasteiger partial charge in [0.2, 0.25) is 19.9 Å².